The highest BCUT2D eigenvalue weighted by Crippen LogP contribution is 2.19. The van der Waals surface area contributed by atoms with E-state index in [0.29, 0.717) is 6.04 Å². The molecule has 0 spiro atoms. The summed E-state index contributed by atoms with van der Waals surface area (Å²) in [6, 6.07) is 13.6. The molecule has 0 amide bonds. The molecule has 1 aliphatic rings. The van der Waals surface area contributed by atoms with Gasteiger partial charge in [-0.3, -0.25) is 9.89 Å². The summed E-state index contributed by atoms with van der Waals surface area (Å²) in [5.41, 5.74) is 3.56. The van der Waals surface area contributed by atoms with E-state index < -0.39 is 0 Å². The van der Waals surface area contributed by atoms with Gasteiger partial charge >= 0.3 is 0 Å². The van der Waals surface area contributed by atoms with Gasteiger partial charge < -0.3 is 15.4 Å². The van der Waals surface area contributed by atoms with E-state index in [9.17, 15) is 4.39 Å². The van der Waals surface area contributed by atoms with Gasteiger partial charge in [-0.05, 0) is 61.1 Å². The van der Waals surface area contributed by atoms with Crippen molar-refractivity contribution in [3.05, 3.63) is 65.0 Å². The zero-order chi connectivity index (χ0) is 21.3. The van der Waals surface area contributed by atoms with Crippen LogP contribution in [0.15, 0.2) is 47.5 Å². The molecule has 1 heterocycles. The molecule has 6 heteroatoms. The number of methoxy groups -OCH3 is 1. The van der Waals surface area contributed by atoms with Crippen molar-refractivity contribution in [1.29, 1.82) is 0 Å². The molecule has 2 N–H and O–H groups in total. The molecule has 0 bridgehead atoms. The van der Waals surface area contributed by atoms with Crippen LogP contribution in [0.5, 0.6) is 5.75 Å². The molecular weight excluding hydrogens is 379 g/mol. The van der Waals surface area contributed by atoms with E-state index in [-0.39, 0.29) is 5.82 Å². The summed E-state index contributed by atoms with van der Waals surface area (Å²) in [6.07, 6.45) is 3.04. The van der Waals surface area contributed by atoms with Crippen LogP contribution in [0.2, 0.25) is 0 Å². The van der Waals surface area contributed by atoms with Crippen molar-refractivity contribution in [3.63, 3.8) is 0 Å². The molecule has 162 valence electrons. The van der Waals surface area contributed by atoms with Crippen LogP contribution in [-0.2, 0) is 13.0 Å². The standard InChI is InChI=1S/C24H33FN4O/c1-18-4-5-19(16-23(18)30-3)10-13-27-24(26-2)28-22-11-14-29(15-12-22)17-20-6-8-21(25)9-7-20/h4-9,16,22H,10-15,17H2,1-3H3,(H2,26,27,28). The minimum atomic E-state index is -0.179. The van der Waals surface area contributed by atoms with Crippen molar-refractivity contribution in [3.8, 4) is 5.75 Å². The third kappa shape index (κ3) is 6.46. The third-order valence-electron chi connectivity index (χ3n) is 5.65. The van der Waals surface area contributed by atoms with Crippen LogP contribution in [-0.4, -0.2) is 50.7 Å². The lowest BCUT2D eigenvalue weighted by Crippen LogP contribution is -2.48. The van der Waals surface area contributed by atoms with Crippen LogP contribution in [0.4, 0.5) is 4.39 Å². The number of guanidine groups is 1. The fraction of sp³-hybridized carbons (Fsp3) is 0.458. The molecule has 30 heavy (non-hydrogen) atoms. The number of nitrogens with one attached hydrogen (secondary N) is 2. The molecule has 2 aromatic carbocycles. The number of likely N-dealkylation sites (tertiary alicyclic amines) is 1. The Labute approximate surface area is 179 Å². The molecular formula is C24H33FN4O. The summed E-state index contributed by atoms with van der Waals surface area (Å²) >= 11 is 0. The normalized spacial score (nSPS) is 15.8. The lowest BCUT2D eigenvalue weighted by molar-refractivity contribution is 0.198. The number of aliphatic imine (C=N–C) groups is 1. The summed E-state index contributed by atoms with van der Waals surface area (Å²) < 4.78 is 18.5. The second kappa shape index (κ2) is 11.0. The summed E-state index contributed by atoms with van der Waals surface area (Å²) in [5.74, 6) is 1.61. The number of halogens is 1. The molecule has 0 saturated carbocycles. The summed E-state index contributed by atoms with van der Waals surface area (Å²) in [6.45, 7) is 5.79. The maximum absolute atomic E-state index is 13.1. The summed E-state index contributed by atoms with van der Waals surface area (Å²) in [7, 11) is 3.52. The Hall–Kier alpha value is -2.60. The van der Waals surface area contributed by atoms with Crippen LogP contribution in [0.25, 0.3) is 0 Å². The Morgan fingerprint density at radius 2 is 1.83 bits per heavy atom. The van der Waals surface area contributed by atoms with Crippen molar-refractivity contribution < 1.29 is 9.13 Å². The van der Waals surface area contributed by atoms with Crippen molar-refractivity contribution in [2.24, 2.45) is 4.99 Å². The van der Waals surface area contributed by atoms with E-state index >= 15 is 0 Å². The zero-order valence-electron chi connectivity index (χ0n) is 18.2. The van der Waals surface area contributed by atoms with Gasteiger partial charge in [0, 0.05) is 39.3 Å². The van der Waals surface area contributed by atoms with Crippen molar-refractivity contribution >= 4 is 5.96 Å². The first-order chi connectivity index (χ1) is 14.6. The highest BCUT2D eigenvalue weighted by Gasteiger charge is 2.20. The van der Waals surface area contributed by atoms with Crippen molar-refractivity contribution in [2.45, 2.75) is 38.8 Å². The van der Waals surface area contributed by atoms with E-state index in [4.69, 9.17) is 4.74 Å². The predicted molar refractivity (Wildman–Crippen MR) is 121 cm³/mol. The van der Waals surface area contributed by atoms with Crippen LogP contribution in [0, 0.1) is 12.7 Å². The second-order valence-electron chi connectivity index (χ2n) is 7.87. The molecule has 5 nitrogen and oxygen atoms in total. The Morgan fingerprint density at radius 1 is 1.13 bits per heavy atom. The number of piperidine rings is 1. The lowest BCUT2D eigenvalue weighted by atomic mass is 10.0. The van der Waals surface area contributed by atoms with Crippen LogP contribution < -0.4 is 15.4 Å². The molecule has 0 unspecified atom stereocenters. The first-order valence-electron chi connectivity index (χ1n) is 10.6. The quantitative estimate of drug-likeness (QED) is 0.540. The molecule has 2 aromatic rings. The van der Waals surface area contributed by atoms with Gasteiger partial charge in [0.1, 0.15) is 11.6 Å². The maximum Gasteiger partial charge on any atom is 0.191 e. The number of aryl methyl sites for hydroxylation is 1. The largest absolute Gasteiger partial charge is 0.496 e. The first-order valence-corrected chi connectivity index (χ1v) is 10.6. The molecule has 1 fully saturated rings. The van der Waals surface area contributed by atoms with Crippen LogP contribution >= 0.6 is 0 Å². The number of hydrogen-bond donors (Lipinski definition) is 2. The Balaban J connectivity index is 1.39. The first kappa shape index (κ1) is 22.1. The number of hydrogen-bond acceptors (Lipinski definition) is 3. The average molecular weight is 413 g/mol. The van der Waals surface area contributed by atoms with Gasteiger partial charge in [-0.1, -0.05) is 24.3 Å². The highest BCUT2D eigenvalue weighted by molar-refractivity contribution is 5.79. The van der Waals surface area contributed by atoms with Gasteiger partial charge in [-0.25, -0.2) is 4.39 Å². The topological polar surface area (TPSA) is 48.9 Å². The van der Waals surface area contributed by atoms with E-state index in [1.807, 2.05) is 19.2 Å². The minimum absolute atomic E-state index is 0.179. The average Bonchev–Trinajstić information content (AvgIpc) is 2.77. The lowest BCUT2D eigenvalue weighted by Gasteiger charge is -2.33. The van der Waals surface area contributed by atoms with Crippen molar-refractivity contribution in [2.75, 3.05) is 33.8 Å². The molecule has 0 atom stereocenters. The van der Waals surface area contributed by atoms with Gasteiger partial charge in [0.15, 0.2) is 5.96 Å². The van der Waals surface area contributed by atoms with Gasteiger partial charge in [-0.2, -0.15) is 0 Å². The van der Waals surface area contributed by atoms with Gasteiger partial charge in [0.25, 0.3) is 0 Å². The molecule has 0 radical (unpaired) electrons. The summed E-state index contributed by atoms with van der Waals surface area (Å²) in [4.78, 5) is 6.80. The van der Waals surface area contributed by atoms with E-state index in [1.165, 1.54) is 17.7 Å². The molecule has 1 aliphatic heterocycles. The fourth-order valence-electron chi connectivity index (χ4n) is 3.82. The monoisotopic (exact) mass is 412 g/mol. The highest BCUT2D eigenvalue weighted by atomic mass is 19.1. The number of benzene rings is 2. The van der Waals surface area contributed by atoms with Crippen LogP contribution in [0.3, 0.4) is 0 Å². The molecule has 0 aliphatic carbocycles. The predicted octanol–water partition coefficient (Wildman–Crippen LogP) is 3.51. The second-order valence-corrected chi connectivity index (χ2v) is 7.87. The Kier molecular flexibility index (Phi) is 8.08. The van der Waals surface area contributed by atoms with E-state index in [1.54, 1.807) is 7.11 Å². The Bertz CT molecular complexity index is 830. The van der Waals surface area contributed by atoms with Gasteiger partial charge in [0.2, 0.25) is 0 Å². The maximum atomic E-state index is 13.1. The number of rotatable bonds is 7. The molecule has 0 aromatic heterocycles. The number of ether oxygens (including phenoxy) is 1. The molecule has 3 rings (SSSR count). The van der Waals surface area contributed by atoms with Gasteiger partial charge in [0.05, 0.1) is 7.11 Å². The molecule has 1 saturated heterocycles. The van der Waals surface area contributed by atoms with Crippen molar-refractivity contribution in [1.82, 2.24) is 15.5 Å². The Morgan fingerprint density at radius 3 is 2.50 bits per heavy atom. The fourth-order valence-corrected chi connectivity index (χ4v) is 3.82. The third-order valence-corrected chi connectivity index (χ3v) is 5.65. The minimum Gasteiger partial charge on any atom is -0.496 e. The zero-order valence-corrected chi connectivity index (χ0v) is 18.2. The van der Waals surface area contributed by atoms with Crippen LogP contribution in [0.1, 0.15) is 29.5 Å². The van der Waals surface area contributed by atoms with E-state index in [2.05, 4.69) is 45.6 Å². The smallest absolute Gasteiger partial charge is 0.191 e. The number of nitrogens with zero attached hydrogens (tertiary/aromatic N) is 2. The SMILES string of the molecule is CN=C(NCCc1ccc(C)c(OC)c1)NC1CCN(Cc2ccc(F)cc2)CC1. The van der Waals surface area contributed by atoms with E-state index in [0.717, 1.165) is 68.3 Å². The van der Waals surface area contributed by atoms with Gasteiger partial charge in [-0.15, -0.1) is 0 Å². The summed E-state index contributed by atoms with van der Waals surface area (Å²) in [5, 5.41) is 6.98.